The molecule has 19 heavy (non-hydrogen) atoms. The minimum Gasteiger partial charge on any atom is -0.466 e. The Morgan fingerprint density at radius 1 is 1.00 bits per heavy atom. The first-order valence-corrected chi connectivity index (χ1v) is 6.38. The normalized spacial score (nSPS) is 29.4. The van der Waals surface area contributed by atoms with E-state index >= 15 is 0 Å². The number of carbonyl (C=O) groups is 2. The molecule has 0 radical (unpaired) electrons. The lowest BCUT2D eigenvalue weighted by Gasteiger charge is -2.51. The van der Waals surface area contributed by atoms with Crippen molar-refractivity contribution in [3.05, 3.63) is 11.1 Å². The molecule has 0 spiro atoms. The molecular formula is C15H24O4. The summed E-state index contributed by atoms with van der Waals surface area (Å²) in [6, 6.07) is 0. The van der Waals surface area contributed by atoms with E-state index in [9.17, 15) is 9.59 Å². The lowest BCUT2D eigenvalue weighted by atomic mass is 9.53. The molecule has 0 aromatic rings. The molecular weight excluding hydrogens is 244 g/mol. The van der Waals surface area contributed by atoms with Gasteiger partial charge in [-0.05, 0) is 19.4 Å². The van der Waals surface area contributed by atoms with Crippen molar-refractivity contribution >= 4 is 11.8 Å². The number of carbonyl (C=O) groups excluding carboxylic acids is 2. The summed E-state index contributed by atoms with van der Waals surface area (Å²) >= 11 is 0. The van der Waals surface area contributed by atoms with Gasteiger partial charge in [-0.2, -0.15) is 0 Å². The monoisotopic (exact) mass is 268 g/mol. The third-order valence-corrected chi connectivity index (χ3v) is 5.08. The highest BCUT2D eigenvalue weighted by atomic mass is 16.5. The molecule has 0 unspecified atom stereocenters. The van der Waals surface area contributed by atoms with E-state index in [2.05, 4.69) is 0 Å². The number of esters is 1. The second-order valence-electron chi connectivity index (χ2n) is 6.31. The van der Waals surface area contributed by atoms with Crippen LogP contribution in [0.3, 0.4) is 0 Å². The van der Waals surface area contributed by atoms with Crippen molar-refractivity contribution in [3.8, 4) is 0 Å². The van der Waals surface area contributed by atoms with Gasteiger partial charge in [-0.1, -0.05) is 27.7 Å². The van der Waals surface area contributed by atoms with Crippen molar-refractivity contribution in [2.75, 3.05) is 14.2 Å². The van der Waals surface area contributed by atoms with Gasteiger partial charge in [0.1, 0.15) is 5.60 Å². The molecule has 0 aromatic carbocycles. The van der Waals surface area contributed by atoms with Gasteiger partial charge in [0, 0.05) is 23.5 Å². The minimum atomic E-state index is -1.08. The molecule has 1 rings (SSSR count). The van der Waals surface area contributed by atoms with Gasteiger partial charge in [0.15, 0.2) is 5.78 Å². The standard InChI is InChI=1S/C15H24O4/c1-9-10(11(16)18-7)13(2,3)14(4,5)12(17)15(9,6)19-8/h1-8H3/t15-/m1/s1. The maximum absolute atomic E-state index is 12.8. The van der Waals surface area contributed by atoms with Crippen LogP contribution in [0.1, 0.15) is 41.5 Å². The van der Waals surface area contributed by atoms with E-state index in [4.69, 9.17) is 9.47 Å². The summed E-state index contributed by atoms with van der Waals surface area (Å²) in [5.41, 5.74) is -1.25. The van der Waals surface area contributed by atoms with Gasteiger partial charge in [0.2, 0.25) is 0 Å². The largest absolute Gasteiger partial charge is 0.466 e. The molecule has 0 N–H and O–H groups in total. The van der Waals surface area contributed by atoms with Crippen LogP contribution in [0.4, 0.5) is 0 Å². The zero-order valence-corrected chi connectivity index (χ0v) is 13.1. The lowest BCUT2D eigenvalue weighted by molar-refractivity contribution is -0.155. The van der Waals surface area contributed by atoms with E-state index in [1.807, 2.05) is 27.7 Å². The fourth-order valence-electron chi connectivity index (χ4n) is 2.83. The Morgan fingerprint density at radius 3 is 1.84 bits per heavy atom. The van der Waals surface area contributed by atoms with E-state index < -0.39 is 22.4 Å². The molecule has 108 valence electrons. The Kier molecular flexibility index (Phi) is 3.72. The molecule has 1 aliphatic rings. The summed E-state index contributed by atoms with van der Waals surface area (Å²) in [7, 11) is 2.84. The van der Waals surface area contributed by atoms with Crippen LogP contribution in [0.2, 0.25) is 0 Å². The third-order valence-electron chi connectivity index (χ3n) is 5.08. The molecule has 0 saturated heterocycles. The zero-order chi connectivity index (χ0) is 15.2. The molecule has 0 bridgehead atoms. The molecule has 0 aliphatic heterocycles. The topological polar surface area (TPSA) is 52.6 Å². The summed E-state index contributed by atoms with van der Waals surface area (Å²) in [4.78, 5) is 24.9. The van der Waals surface area contributed by atoms with Gasteiger partial charge in [0.25, 0.3) is 0 Å². The van der Waals surface area contributed by atoms with Crippen LogP contribution < -0.4 is 0 Å². The van der Waals surface area contributed by atoms with Crippen molar-refractivity contribution in [2.45, 2.75) is 47.1 Å². The summed E-state index contributed by atoms with van der Waals surface area (Å²) in [5.74, 6) is -0.413. The summed E-state index contributed by atoms with van der Waals surface area (Å²) in [5, 5.41) is 0. The second kappa shape index (κ2) is 4.44. The van der Waals surface area contributed by atoms with Gasteiger partial charge in [-0.15, -0.1) is 0 Å². The third kappa shape index (κ3) is 1.84. The minimum absolute atomic E-state index is 0.0161. The predicted molar refractivity (Wildman–Crippen MR) is 72.7 cm³/mol. The van der Waals surface area contributed by atoms with Gasteiger partial charge in [-0.25, -0.2) is 4.79 Å². The number of methoxy groups -OCH3 is 2. The summed E-state index contributed by atoms with van der Waals surface area (Å²) in [6.07, 6.45) is 0. The Morgan fingerprint density at radius 2 is 1.47 bits per heavy atom. The number of Topliss-reactive ketones (excluding diaryl/α,β-unsaturated/α-hetero) is 1. The molecule has 1 aliphatic carbocycles. The Balaban J connectivity index is 3.72. The van der Waals surface area contributed by atoms with Crippen LogP contribution in [0.25, 0.3) is 0 Å². The van der Waals surface area contributed by atoms with E-state index in [1.54, 1.807) is 13.8 Å². The van der Waals surface area contributed by atoms with Gasteiger partial charge >= 0.3 is 5.97 Å². The van der Waals surface area contributed by atoms with Crippen molar-refractivity contribution < 1.29 is 19.1 Å². The number of hydrogen-bond acceptors (Lipinski definition) is 4. The predicted octanol–water partition coefficient (Wildman–Crippen LogP) is 2.52. The maximum Gasteiger partial charge on any atom is 0.334 e. The molecule has 0 heterocycles. The van der Waals surface area contributed by atoms with Crippen molar-refractivity contribution in [1.82, 2.24) is 0 Å². The second-order valence-corrected chi connectivity index (χ2v) is 6.31. The summed E-state index contributed by atoms with van der Waals surface area (Å²) < 4.78 is 10.3. The highest BCUT2D eigenvalue weighted by Gasteiger charge is 2.59. The lowest BCUT2D eigenvalue weighted by Crippen LogP contribution is -2.58. The van der Waals surface area contributed by atoms with Gasteiger partial charge in [0.05, 0.1) is 7.11 Å². The number of ketones is 1. The zero-order valence-electron chi connectivity index (χ0n) is 13.1. The highest BCUT2D eigenvalue weighted by molar-refractivity contribution is 6.03. The van der Waals surface area contributed by atoms with Crippen LogP contribution in [0.15, 0.2) is 11.1 Å². The number of rotatable bonds is 2. The van der Waals surface area contributed by atoms with Crippen LogP contribution >= 0.6 is 0 Å². The Hall–Kier alpha value is -1.16. The van der Waals surface area contributed by atoms with Crippen LogP contribution in [0, 0.1) is 10.8 Å². The smallest absolute Gasteiger partial charge is 0.334 e. The first kappa shape index (κ1) is 15.9. The molecule has 0 saturated carbocycles. The van der Waals surface area contributed by atoms with Crippen LogP contribution in [0.5, 0.6) is 0 Å². The first-order chi connectivity index (χ1) is 8.48. The molecule has 1 atom stereocenters. The first-order valence-electron chi connectivity index (χ1n) is 6.38. The molecule has 4 nitrogen and oxygen atoms in total. The van der Waals surface area contributed by atoms with Crippen molar-refractivity contribution in [2.24, 2.45) is 10.8 Å². The fraction of sp³-hybridized carbons (Fsp3) is 0.733. The van der Waals surface area contributed by atoms with E-state index in [0.717, 1.165) is 0 Å². The number of ether oxygens (including phenoxy) is 2. The fourth-order valence-corrected chi connectivity index (χ4v) is 2.83. The van der Waals surface area contributed by atoms with E-state index in [0.29, 0.717) is 11.1 Å². The quantitative estimate of drug-likeness (QED) is 0.722. The van der Waals surface area contributed by atoms with Crippen molar-refractivity contribution in [1.29, 1.82) is 0 Å². The number of hydrogen-bond donors (Lipinski definition) is 0. The average molecular weight is 268 g/mol. The molecule has 0 fully saturated rings. The molecule has 4 heteroatoms. The Bertz CT molecular complexity index is 457. The van der Waals surface area contributed by atoms with E-state index in [1.165, 1.54) is 14.2 Å². The SMILES string of the molecule is COC(=O)C1=C(C)[C@@](C)(OC)C(=O)C(C)(C)C1(C)C. The van der Waals surface area contributed by atoms with Crippen molar-refractivity contribution in [3.63, 3.8) is 0 Å². The average Bonchev–Trinajstić information content (AvgIpc) is 2.34. The molecule has 0 aromatic heterocycles. The Labute approximate surface area is 115 Å². The maximum atomic E-state index is 12.8. The van der Waals surface area contributed by atoms with Crippen LogP contribution in [-0.2, 0) is 19.1 Å². The van der Waals surface area contributed by atoms with E-state index in [-0.39, 0.29) is 5.78 Å². The summed E-state index contributed by atoms with van der Waals surface area (Å²) in [6.45, 7) is 11.0. The van der Waals surface area contributed by atoms with Gasteiger partial charge < -0.3 is 9.47 Å². The van der Waals surface area contributed by atoms with Gasteiger partial charge in [-0.3, -0.25) is 4.79 Å². The molecule has 0 amide bonds. The highest BCUT2D eigenvalue weighted by Crippen LogP contribution is 2.54. The van der Waals surface area contributed by atoms with Crippen LogP contribution in [-0.4, -0.2) is 31.6 Å².